The van der Waals surface area contributed by atoms with Gasteiger partial charge in [0.15, 0.2) is 0 Å². The number of allylic oxidation sites excluding steroid dienone is 2. The summed E-state index contributed by atoms with van der Waals surface area (Å²) in [6, 6.07) is 7.04. The van der Waals surface area contributed by atoms with Crippen molar-refractivity contribution >= 4 is 5.91 Å². The third kappa shape index (κ3) is 5.56. The fraction of sp³-hybridized carbons (Fsp3) is 0.633. The Hall–Kier alpha value is -1.98. The SMILES string of the molecule is CC1=CC(C)(C2(C)CCCCC2)C(OCC(=O)N2CC(C)N(Cc3ccc(F)cc3)CC2C)C=C1. The Morgan fingerprint density at radius 1 is 1.06 bits per heavy atom. The summed E-state index contributed by atoms with van der Waals surface area (Å²) >= 11 is 0. The number of nitrogens with zero attached hydrogens (tertiary/aromatic N) is 2. The summed E-state index contributed by atoms with van der Waals surface area (Å²) in [5.41, 5.74) is 2.44. The normalized spacial score (nSPS) is 31.3. The van der Waals surface area contributed by atoms with Crippen molar-refractivity contribution in [1.29, 1.82) is 0 Å². The molecule has 1 aromatic carbocycles. The smallest absolute Gasteiger partial charge is 0.248 e. The lowest BCUT2D eigenvalue weighted by atomic mass is 9.55. The van der Waals surface area contributed by atoms with E-state index < -0.39 is 0 Å². The summed E-state index contributed by atoms with van der Waals surface area (Å²) in [4.78, 5) is 17.7. The van der Waals surface area contributed by atoms with Crippen LogP contribution in [0.4, 0.5) is 4.39 Å². The van der Waals surface area contributed by atoms with Crippen LogP contribution in [0.25, 0.3) is 0 Å². The average molecular weight is 483 g/mol. The molecule has 4 nitrogen and oxygen atoms in total. The highest BCUT2D eigenvalue weighted by Gasteiger charge is 2.49. The molecule has 1 aliphatic heterocycles. The molecule has 3 aliphatic rings. The number of amides is 1. The Morgan fingerprint density at radius 2 is 1.74 bits per heavy atom. The molecule has 1 saturated carbocycles. The second-order valence-electron chi connectivity index (χ2n) is 11.7. The molecule has 2 fully saturated rings. The number of hydrogen-bond donors (Lipinski definition) is 0. The Balaban J connectivity index is 1.38. The maximum absolute atomic E-state index is 13.3. The molecule has 0 aromatic heterocycles. The van der Waals surface area contributed by atoms with Gasteiger partial charge in [-0.25, -0.2) is 4.39 Å². The van der Waals surface area contributed by atoms with Crippen LogP contribution in [-0.2, 0) is 16.1 Å². The van der Waals surface area contributed by atoms with Gasteiger partial charge in [0.05, 0.1) is 6.10 Å². The molecule has 1 aromatic rings. The summed E-state index contributed by atoms with van der Waals surface area (Å²) in [5.74, 6) is -0.140. The third-order valence-electron chi connectivity index (χ3n) is 9.03. The summed E-state index contributed by atoms with van der Waals surface area (Å²) in [6.07, 6.45) is 12.9. The molecule has 2 aliphatic carbocycles. The average Bonchev–Trinajstić information content (AvgIpc) is 2.82. The van der Waals surface area contributed by atoms with Gasteiger partial charge < -0.3 is 9.64 Å². The zero-order valence-electron chi connectivity index (χ0n) is 22.2. The quantitative estimate of drug-likeness (QED) is 0.489. The van der Waals surface area contributed by atoms with Crippen molar-refractivity contribution in [3.63, 3.8) is 0 Å². The van der Waals surface area contributed by atoms with Crippen LogP contribution in [0.1, 0.15) is 72.3 Å². The standard InChI is InChI=1S/C30H43FN2O2/c1-22-9-14-27(30(5,17-22)29(4)15-7-6-8-16-29)35-21-28(34)33-19-23(2)32(18-24(33)3)20-25-10-12-26(31)13-11-25/h9-14,17,23-24,27H,6-8,15-16,18-21H2,1-5H3. The Bertz CT molecular complexity index is 950. The molecule has 4 unspecified atom stereocenters. The lowest BCUT2D eigenvalue weighted by molar-refractivity contribution is -0.147. The first-order valence-electron chi connectivity index (χ1n) is 13.4. The number of piperazine rings is 1. The molecular weight excluding hydrogens is 439 g/mol. The Morgan fingerprint density at radius 3 is 2.43 bits per heavy atom. The first kappa shape index (κ1) is 26.1. The number of carbonyl (C=O) groups excluding carboxylic acids is 1. The molecule has 0 bridgehead atoms. The molecule has 4 rings (SSSR count). The topological polar surface area (TPSA) is 32.8 Å². The van der Waals surface area contributed by atoms with Crippen LogP contribution in [0.2, 0.25) is 0 Å². The molecule has 192 valence electrons. The number of hydrogen-bond acceptors (Lipinski definition) is 3. The van der Waals surface area contributed by atoms with Crippen LogP contribution in [0, 0.1) is 16.6 Å². The number of benzene rings is 1. The monoisotopic (exact) mass is 482 g/mol. The molecule has 0 spiro atoms. The molecule has 0 radical (unpaired) electrons. The number of carbonyl (C=O) groups is 1. The van der Waals surface area contributed by atoms with Gasteiger partial charge in [-0.2, -0.15) is 0 Å². The van der Waals surface area contributed by atoms with Gasteiger partial charge in [0.25, 0.3) is 0 Å². The number of rotatable bonds is 6. The summed E-state index contributed by atoms with van der Waals surface area (Å²) < 4.78 is 19.7. The molecule has 35 heavy (non-hydrogen) atoms. The van der Waals surface area contributed by atoms with E-state index in [1.807, 2.05) is 17.0 Å². The minimum absolute atomic E-state index is 0.0709. The van der Waals surface area contributed by atoms with E-state index in [0.717, 1.165) is 18.7 Å². The first-order valence-corrected chi connectivity index (χ1v) is 13.4. The van der Waals surface area contributed by atoms with Crippen molar-refractivity contribution < 1.29 is 13.9 Å². The van der Waals surface area contributed by atoms with Gasteiger partial charge in [-0.15, -0.1) is 0 Å². The van der Waals surface area contributed by atoms with E-state index in [1.165, 1.54) is 49.8 Å². The highest BCUT2D eigenvalue weighted by Crippen LogP contribution is 2.54. The van der Waals surface area contributed by atoms with Crippen molar-refractivity contribution in [2.75, 3.05) is 19.7 Å². The summed E-state index contributed by atoms with van der Waals surface area (Å²) in [7, 11) is 0. The Kier molecular flexibility index (Phi) is 7.87. The van der Waals surface area contributed by atoms with Gasteiger partial charge in [0, 0.05) is 37.1 Å². The predicted molar refractivity (Wildman–Crippen MR) is 139 cm³/mol. The van der Waals surface area contributed by atoms with Crippen LogP contribution in [0.3, 0.4) is 0 Å². The van der Waals surface area contributed by atoms with Gasteiger partial charge in [-0.05, 0) is 56.7 Å². The second-order valence-corrected chi connectivity index (χ2v) is 11.7. The Labute approximate surface area is 211 Å². The lowest BCUT2D eigenvalue weighted by Crippen LogP contribution is -2.58. The summed E-state index contributed by atoms with van der Waals surface area (Å²) in [6.45, 7) is 13.5. The zero-order chi connectivity index (χ0) is 25.2. The molecule has 1 amide bonds. The van der Waals surface area contributed by atoms with Gasteiger partial charge >= 0.3 is 0 Å². The van der Waals surface area contributed by atoms with Gasteiger partial charge in [-0.1, -0.05) is 69.0 Å². The minimum Gasteiger partial charge on any atom is -0.363 e. The molecule has 1 saturated heterocycles. The first-order chi connectivity index (χ1) is 16.6. The maximum Gasteiger partial charge on any atom is 0.248 e. The van der Waals surface area contributed by atoms with Crippen molar-refractivity contribution in [2.45, 2.75) is 91.5 Å². The summed E-state index contributed by atoms with van der Waals surface area (Å²) in [5, 5.41) is 0. The highest BCUT2D eigenvalue weighted by atomic mass is 19.1. The van der Waals surface area contributed by atoms with E-state index in [9.17, 15) is 9.18 Å². The van der Waals surface area contributed by atoms with Crippen LogP contribution < -0.4 is 0 Å². The molecular formula is C30H43FN2O2. The van der Waals surface area contributed by atoms with E-state index in [0.29, 0.717) is 6.54 Å². The van der Waals surface area contributed by atoms with Gasteiger partial charge in [-0.3, -0.25) is 9.69 Å². The van der Waals surface area contributed by atoms with Crippen molar-refractivity contribution in [3.05, 3.63) is 59.4 Å². The second kappa shape index (κ2) is 10.6. The van der Waals surface area contributed by atoms with E-state index in [-0.39, 0.29) is 47.3 Å². The predicted octanol–water partition coefficient (Wildman–Crippen LogP) is 6.12. The van der Waals surface area contributed by atoms with E-state index in [2.05, 4.69) is 57.7 Å². The lowest BCUT2D eigenvalue weighted by Gasteiger charge is -2.52. The number of ether oxygens (including phenoxy) is 1. The van der Waals surface area contributed by atoms with Crippen LogP contribution >= 0.6 is 0 Å². The van der Waals surface area contributed by atoms with E-state index in [4.69, 9.17) is 4.74 Å². The van der Waals surface area contributed by atoms with Crippen molar-refractivity contribution in [1.82, 2.24) is 9.80 Å². The third-order valence-corrected chi connectivity index (χ3v) is 9.03. The van der Waals surface area contributed by atoms with E-state index >= 15 is 0 Å². The molecule has 1 heterocycles. The van der Waals surface area contributed by atoms with Crippen molar-refractivity contribution in [2.24, 2.45) is 10.8 Å². The largest absolute Gasteiger partial charge is 0.363 e. The minimum atomic E-state index is -0.211. The molecule has 0 N–H and O–H groups in total. The van der Waals surface area contributed by atoms with Gasteiger partial charge in [0.1, 0.15) is 12.4 Å². The van der Waals surface area contributed by atoms with Crippen LogP contribution in [0.15, 0.2) is 48.1 Å². The van der Waals surface area contributed by atoms with Gasteiger partial charge in [0.2, 0.25) is 5.91 Å². The van der Waals surface area contributed by atoms with Crippen LogP contribution in [-0.4, -0.2) is 53.6 Å². The zero-order valence-corrected chi connectivity index (χ0v) is 22.2. The highest BCUT2D eigenvalue weighted by molar-refractivity contribution is 5.78. The fourth-order valence-corrected chi connectivity index (χ4v) is 6.49. The number of halogens is 1. The fourth-order valence-electron chi connectivity index (χ4n) is 6.49. The van der Waals surface area contributed by atoms with Crippen LogP contribution in [0.5, 0.6) is 0 Å². The maximum atomic E-state index is 13.3. The van der Waals surface area contributed by atoms with Crippen molar-refractivity contribution in [3.8, 4) is 0 Å². The molecule has 4 atom stereocenters. The molecule has 5 heteroatoms. The van der Waals surface area contributed by atoms with E-state index in [1.54, 1.807) is 0 Å².